The molecule has 1 heterocycles. The van der Waals surface area contributed by atoms with E-state index >= 15 is 0 Å². The molecule has 35 heavy (non-hydrogen) atoms. The van der Waals surface area contributed by atoms with Gasteiger partial charge < -0.3 is 14.6 Å². The minimum absolute atomic E-state index is 0.0654. The summed E-state index contributed by atoms with van der Waals surface area (Å²) in [5.74, 6) is -2.12. The molecule has 0 saturated heterocycles. The van der Waals surface area contributed by atoms with E-state index in [9.17, 15) is 14.7 Å². The molecule has 0 amide bonds. The van der Waals surface area contributed by atoms with E-state index in [0.717, 1.165) is 43.1 Å². The number of hydrogen-bond acceptors (Lipinski definition) is 7. The van der Waals surface area contributed by atoms with Gasteiger partial charge in [0.25, 0.3) is 5.60 Å². The molecule has 1 aliphatic rings. The van der Waals surface area contributed by atoms with Crippen molar-refractivity contribution in [3.63, 3.8) is 0 Å². The Morgan fingerprint density at radius 3 is 2.09 bits per heavy atom. The van der Waals surface area contributed by atoms with Gasteiger partial charge in [0, 0.05) is 9.79 Å². The van der Waals surface area contributed by atoms with E-state index in [4.69, 9.17) is 9.47 Å². The normalized spacial score (nSPS) is 17.7. The van der Waals surface area contributed by atoms with Crippen LogP contribution in [0.2, 0.25) is 0 Å². The second-order valence-electron chi connectivity index (χ2n) is 8.02. The van der Waals surface area contributed by atoms with Crippen LogP contribution >= 0.6 is 23.5 Å². The highest BCUT2D eigenvalue weighted by atomic mass is 32.2. The van der Waals surface area contributed by atoms with E-state index < -0.39 is 23.3 Å². The molecule has 7 heteroatoms. The Balaban J connectivity index is 1.50. The van der Waals surface area contributed by atoms with Gasteiger partial charge in [-0.2, -0.15) is 0 Å². The number of carbonyl (C=O) groups excluding carboxylic acids is 2. The number of aliphatic hydroxyl groups is 1. The minimum atomic E-state index is -1.75. The Labute approximate surface area is 211 Å². The quantitative estimate of drug-likeness (QED) is 0.228. The van der Waals surface area contributed by atoms with E-state index in [-0.39, 0.29) is 17.3 Å². The van der Waals surface area contributed by atoms with Crippen LogP contribution in [0.4, 0.5) is 0 Å². The fraction of sp³-hybridized carbons (Fsp3) is 0.143. The van der Waals surface area contributed by atoms with Crippen LogP contribution in [0.1, 0.15) is 6.92 Å². The number of carbonyl (C=O) groups is 2. The van der Waals surface area contributed by atoms with Gasteiger partial charge in [0.05, 0.1) is 17.3 Å². The Morgan fingerprint density at radius 2 is 1.46 bits per heavy atom. The van der Waals surface area contributed by atoms with E-state index in [0.29, 0.717) is 0 Å². The van der Waals surface area contributed by atoms with Crippen molar-refractivity contribution in [1.29, 1.82) is 0 Å². The van der Waals surface area contributed by atoms with Crippen molar-refractivity contribution >= 4 is 57.0 Å². The molecule has 0 spiro atoms. The lowest BCUT2D eigenvalue weighted by atomic mass is 10.1. The number of rotatable bonds is 7. The first-order chi connectivity index (χ1) is 17.0. The van der Waals surface area contributed by atoms with Crippen molar-refractivity contribution in [3.8, 4) is 0 Å². The molecule has 5 rings (SSSR count). The molecule has 4 aromatic carbocycles. The summed E-state index contributed by atoms with van der Waals surface area (Å²) >= 11 is 2.52. The molecule has 4 aromatic rings. The number of cyclic esters (lactones) is 1. The zero-order valence-corrected chi connectivity index (χ0v) is 20.5. The smallest absolute Gasteiger partial charge is 0.375 e. The highest BCUT2D eigenvalue weighted by Crippen LogP contribution is 2.46. The zero-order chi connectivity index (χ0) is 24.4. The monoisotopic (exact) mass is 502 g/mol. The topological polar surface area (TPSA) is 72.8 Å². The van der Waals surface area contributed by atoms with Crippen molar-refractivity contribution < 1.29 is 24.2 Å². The van der Waals surface area contributed by atoms with E-state index in [1.807, 2.05) is 84.9 Å². The molecule has 176 valence electrons. The third-order valence-electron chi connectivity index (χ3n) is 5.75. The van der Waals surface area contributed by atoms with Gasteiger partial charge in [-0.3, -0.25) is 0 Å². The molecule has 0 radical (unpaired) electrons. The Kier molecular flexibility index (Phi) is 6.45. The van der Waals surface area contributed by atoms with Crippen LogP contribution in [0, 0.1) is 0 Å². The van der Waals surface area contributed by atoms with E-state index in [2.05, 4.69) is 0 Å². The van der Waals surface area contributed by atoms with Gasteiger partial charge in [0.15, 0.2) is 0 Å². The fourth-order valence-corrected chi connectivity index (χ4v) is 6.25. The van der Waals surface area contributed by atoms with Gasteiger partial charge in [0.2, 0.25) is 5.76 Å². The van der Waals surface area contributed by atoms with Crippen molar-refractivity contribution in [2.24, 2.45) is 0 Å². The molecule has 5 nitrogen and oxygen atoms in total. The van der Waals surface area contributed by atoms with Crippen LogP contribution < -0.4 is 0 Å². The molecule has 0 saturated carbocycles. The minimum Gasteiger partial charge on any atom is -0.501 e. The molecule has 0 bridgehead atoms. The van der Waals surface area contributed by atoms with Crippen molar-refractivity contribution in [2.45, 2.75) is 22.3 Å². The molecule has 1 atom stereocenters. The third kappa shape index (κ3) is 4.49. The first kappa shape index (κ1) is 23.3. The fourth-order valence-electron chi connectivity index (χ4n) is 3.99. The van der Waals surface area contributed by atoms with Gasteiger partial charge in [0.1, 0.15) is 0 Å². The second-order valence-corrected chi connectivity index (χ2v) is 10.2. The van der Waals surface area contributed by atoms with Crippen LogP contribution in [-0.4, -0.2) is 35.0 Å². The van der Waals surface area contributed by atoms with Crippen LogP contribution in [0.15, 0.2) is 105 Å². The van der Waals surface area contributed by atoms with Gasteiger partial charge in [-0.1, -0.05) is 72.4 Å². The molecular formula is C28H22O5S2. The largest absolute Gasteiger partial charge is 0.501 e. The Hall–Kier alpha value is -3.42. The molecule has 1 aliphatic heterocycles. The average molecular weight is 503 g/mol. The molecule has 0 aromatic heterocycles. The number of fused-ring (bicyclic) bond motifs is 2. The summed E-state index contributed by atoms with van der Waals surface area (Å²) in [6, 6.07) is 27.7. The SMILES string of the molecule is CCOC(=O)C1(CSc2ccc3ccccc3c2)OC(=O)C(O)=C1Sc1ccc2ccccc2c1. The standard InChI is InChI=1S/C28H22O5S2/c1-2-32-27(31)28(17-34-22-13-11-18-7-3-5-9-20(18)15-22)25(24(29)26(30)33-28)35-23-14-12-19-8-4-6-10-21(19)16-23/h3-16,29H,2,17H2,1H3. The summed E-state index contributed by atoms with van der Waals surface area (Å²) in [5.41, 5.74) is -1.75. The molecule has 0 aliphatic carbocycles. The maximum Gasteiger partial charge on any atom is 0.375 e. The Morgan fingerprint density at radius 1 is 0.886 bits per heavy atom. The summed E-state index contributed by atoms with van der Waals surface area (Å²) < 4.78 is 10.9. The van der Waals surface area contributed by atoms with Gasteiger partial charge >= 0.3 is 11.9 Å². The lowest BCUT2D eigenvalue weighted by Crippen LogP contribution is -2.44. The van der Waals surface area contributed by atoms with E-state index in [1.165, 1.54) is 11.8 Å². The number of ether oxygens (including phenoxy) is 2. The van der Waals surface area contributed by atoms with Crippen molar-refractivity contribution in [3.05, 3.63) is 95.6 Å². The van der Waals surface area contributed by atoms with Crippen LogP contribution in [0.5, 0.6) is 0 Å². The number of esters is 2. The van der Waals surface area contributed by atoms with Crippen molar-refractivity contribution in [1.82, 2.24) is 0 Å². The van der Waals surface area contributed by atoms with Gasteiger partial charge in [-0.15, -0.1) is 11.8 Å². The summed E-state index contributed by atoms with van der Waals surface area (Å²) in [5, 5.41) is 14.9. The first-order valence-corrected chi connectivity index (χ1v) is 12.9. The number of hydrogen-bond donors (Lipinski definition) is 1. The summed E-state index contributed by atoms with van der Waals surface area (Å²) in [6.45, 7) is 1.81. The van der Waals surface area contributed by atoms with Crippen LogP contribution in [0.25, 0.3) is 21.5 Å². The average Bonchev–Trinajstić information content (AvgIpc) is 3.12. The molecule has 0 fully saturated rings. The summed E-state index contributed by atoms with van der Waals surface area (Å²) in [6.07, 6.45) is 0. The number of thioether (sulfide) groups is 2. The maximum atomic E-state index is 13.2. The lowest BCUT2D eigenvalue weighted by Gasteiger charge is -2.27. The predicted octanol–water partition coefficient (Wildman–Crippen LogP) is 6.51. The number of benzene rings is 4. The van der Waals surface area contributed by atoms with Crippen LogP contribution in [0.3, 0.4) is 0 Å². The van der Waals surface area contributed by atoms with Gasteiger partial charge in [-0.25, -0.2) is 9.59 Å². The highest BCUT2D eigenvalue weighted by Gasteiger charge is 2.56. The van der Waals surface area contributed by atoms with Gasteiger partial charge in [-0.05, 0) is 52.7 Å². The lowest BCUT2D eigenvalue weighted by molar-refractivity contribution is -0.169. The maximum absolute atomic E-state index is 13.2. The Bertz CT molecular complexity index is 1480. The van der Waals surface area contributed by atoms with E-state index in [1.54, 1.807) is 6.92 Å². The molecular weight excluding hydrogens is 480 g/mol. The number of aliphatic hydroxyl groups excluding tert-OH is 1. The summed E-state index contributed by atoms with van der Waals surface area (Å²) in [7, 11) is 0. The first-order valence-electron chi connectivity index (χ1n) is 11.1. The summed E-state index contributed by atoms with van der Waals surface area (Å²) in [4.78, 5) is 27.6. The van der Waals surface area contributed by atoms with Crippen LogP contribution in [-0.2, 0) is 19.1 Å². The highest BCUT2D eigenvalue weighted by molar-refractivity contribution is 8.03. The second kappa shape index (κ2) is 9.68. The third-order valence-corrected chi connectivity index (χ3v) is 8.11. The zero-order valence-electron chi connectivity index (χ0n) is 18.9. The predicted molar refractivity (Wildman–Crippen MR) is 140 cm³/mol. The van der Waals surface area contributed by atoms with Crippen molar-refractivity contribution in [2.75, 3.05) is 12.4 Å². The molecule has 1 N–H and O–H groups in total. The molecule has 1 unspecified atom stereocenters.